The van der Waals surface area contributed by atoms with Crippen LogP contribution >= 0.6 is 0 Å². The van der Waals surface area contributed by atoms with Crippen LogP contribution in [-0.2, 0) is 19.6 Å². The van der Waals surface area contributed by atoms with Gasteiger partial charge in [0.2, 0.25) is 15.9 Å². The van der Waals surface area contributed by atoms with Crippen molar-refractivity contribution in [3.05, 3.63) is 29.8 Å². The average Bonchev–Trinajstić information content (AvgIpc) is 2.62. The van der Waals surface area contributed by atoms with Crippen molar-refractivity contribution >= 4 is 21.8 Å². The van der Waals surface area contributed by atoms with Crippen LogP contribution in [0.15, 0.2) is 23.1 Å². The van der Waals surface area contributed by atoms with E-state index in [0.29, 0.717) is 19.2 Å². The SMILES string of the molecule is CNC(=O)CNC(=O)C[NH+]1CCN(S(=O)(=O)c2cc(F)ccc2F)CC1. The second-order valence-electron chi connectivity index (χ2n) is 5.86. The molecule has 8 nitrogen and oxygen atoms in total. The number of amides is 2. The highest BCUT2D eigenvalue weighted by Gasteiger charge is 2.33. The predicted octanol–water partition coefficient (Wildman–Crippen LogP) is -2.28. The van der Waals surface area contributed by atoms with E-state index in [-0.39, 0.29) is 38.0 Å². The van der Waals surface area contributed by atoms with Crippen LogP contribution in [-0.4, -0.2) is 70.9 Å². The van der Waals surface area contributed by atoms with Gasteiger partial charge in [0.15, 0.2) is 6.54 Å². The molecule has 2 amide bonds. The van der Waals surface area contributed by atoms with E-state index in [2.05, 4.69) is 10.6 Å². The number of carbonyl (C=O) groups is 2. The topological polar surface area (TPSA) is 100 Å². The van der Waals surface area contributed by atoms with Crippen molar-refractivity contribution in [3.8, 4) is 0 Å². The lowest BCUT2D eigenvalue weighted by atomic mass is 10.3. The van der Waals surface area contributed by atoms with Crippen LogP contribution in [0.25, 0.3) is 0 Å². The largest absolute Gasteiger partial charge is 0.358 e. The van der Waals surface area contributed by atoms with Crippen LogP contribution < -0.4 is 15.5 Å². The minimum absolute atomic E-state index is 0.0797. The Labute approximate surface area is 150 Å². The highest BCUT2D eigenvalue weighted by molar-refractivity contribution is 7.89. The minimum atomic E-state index is -4.14. The number of piperazine rings is 1. The van der Waals surface area contributed by atoms with Gasteiger partial charge in [0, 0.05) is 7.05 Å². The van der Waals surface area contributed by atoms with Crippen molar-refractivity contribution < 1.29 is 31.7 Å². The lowest BCUT2D eigenvalue weighted by Crippen LogP contribution is -3.15. The molecular weight excluding hydrogens is 370 g/mol. The molecule has 26 heavy (non-hydrogen) atoms. The number of likely N-dealkylation sites (N-methyl/N-ethyl adjacent to an activating group) is 1. The Morgan fingerprint density at radius 3 is 2.46 bits per heavy atom. The van der Waals surface area contributed by atoms with Gasteiger partial charge in [-0.15, -0.1) is 0 Å². The van der Waals surface area contributed by atoms with E-state index >= 15 is 0 Å². The fraction of sp³-hybridized carbons (Fsp3) is 0.467. The fourth-order valence-corrected chi connectivity index (χ4v) is 4.11. The van der Waals surface area contributed by atoms with E-state index in [1.54, 1.807) is 0 Å². The summed E-state index contributed by atoms with van der Waals surface area (Å²) >= 11 is 0. The molecule has 3 N–H and O–H groups in total. The molecule has 1 aromatic rings. The first-order valence-electron chi connectivity index (χ1n) is 8.00. The van der Waals surface area contributed by atoms with Crippen LogP contribution in [0.4, 0.5) is 8.78 Å². The van der Waals surface area contributed by atoms with Gasteiger partial charge in [-0.25, -0.2) is 17.2 Å². The lowest BCUT2D eigenvalue weighted by molar-refractivity contribution is -0.895. The molecule has 1 aromatic carbocycles. The van der Waals surface area contributed by atoms with E-state index in [1.165, 1.54) is 7.05 Å². The Bertz CT molecular complexity index is 780. The molecule has 0 bridgehead atoms. The van der Waals surface area contributed by atoms with Crippen LogP contribution in [0.5, 0.6) is 0 Å². The second-order valence-corrected chi connectivity index (χ2v) is 7.76. The van der Waals surface area contributed by atoms with E-state index in [0.717, 1.165) is 21.3 Å². The van der Waals surface area contributed by atoms with Gasteiger partial charge < -0.3 is 15.5 Å². The molecule has 2 rings (SSSR count). The summed E-state index contributed by atoms with van der Waals surface area (Å²) in [6, 6.07) is 2.30. The number of sulfonamides is 1. The highest BCUT2D eigenvalue weighted by atomic mass is 32.2. The van der Waals surface area contributed by atoms with E-state index < -0.39 is 26.6 Å². The van der Waals surface area contributed by atoms with Crippen LogP contribution in [0.1, 0.15) is 0 Å². The molecule has 1 aliphatic rings. The molecule has 1 saturated heterocycles. The molecule has 0 atom stereocenters. The number of carbonyl (C=O) groups excluding carboxylic acids is 2. The molecule has 0 saturated carbocycles. The summed E-state index contributed by atoms with van der Waals surface area (Å²) in [4.78, 5) is 23.0. The molecule has 0 radical (unpaired) electrons. The maximum atomic E-state index is 13.8. The van der Waals surface area contributed by atoms with Gasteiger partial charge in [-0.1, -0.05) is 0 Å². The first-order valence-corrected chi connectivity index (χ1v) is 9.44. The number of nitrogens with zero attached hydrogens (tertiary/aromatic N) is 1. The standard InChI is InChI=1S/C15H20F2N4O4S/c1-18-14(22)9-19-15(23)10-20-4-6-21(7-5-20)26(24,25)13-8-11(16)2-3-12(13)17/h2-3,8H,4-7,9-10H2,1H3,(H,18,22)(H,19,23)/p+1. The Kier molecular flexibility index (Phi) is 6.62. The summed E-state index contributed by atoms with van der Waals surface area (Å²) in [5.41, 5.74) is 0. The van der Waals surface area contributed by atoms with E-state index in [4.69, 9.17) is 0 Å². The molecule has 1 heterocycles. The number of quaternary nitrogens is 1. The molecule has 1 fully saturated rings. The maximum absolute atomic E-state index is 13.8. The van der Waals surface area contributed by atoms with Gasteiger partial charge in [-0.05, 0) is 18.2 Å². The van der Waals surface area contributed by atoms with E-state index in [1.807, 2.05) is 0 Å². The third-order valence-corrected chi connectivity index (χ3v) is 5.99. The smallest absolute Gasteiger partial charge is 0.275 e. The zero-order chi connectivity index (χ0) is 19.3. The van der Waals surface area contributed by atoms with Crippen molar-refractivity contribution in [3.63, 3.8) is 0 Å². The number of benzene rings is 1. The van der Waals surface area contributed by atoms with Gasteiger partial charge in [0.05, 0.1) is 32.7 Å². The summed E-state index contributed by atoms with van der Waals surface area (Å²) < 4.78 is 53.1. The fourth-order valence-electron chi connectivity index (χ4n) is 2.59. The second kappa shape index (κ2) is 8.52. The van der Waals surface area contributed by atoms with Crippen LogP contribution in [0, 0.1) is 11.6 Å². The summed E-state index contributed by atoms with van der Waals surface area (Å²) in [7, 11) is -2.68. The normalized spacial score (nSPS) is 16.3. The third kappa shape index (κ3) is 4.96. The first kappa shape index (κ1) is 20.2. The number of halogens is 2. The molecule has 11 heteroatoms. The summed E-state index contributed by atoms with van der Waals surface area (Å²) in [5, 5.41) is 4.85. The quantitative estimate of drug-likeness (QED) is 0.509. The summed E-state index contributed by atoms with van der Waals surface area (Å²) in [6.07, 6.45) is 0. The van der Waals surface area contributed by atoms with Crippen molar-refractivity contribution in [2.45, 2.75) is 4.90 Å². The first-order chi connectivity index (χ1) is 12.2. The third-order valence-electron chi connectivity index (χ3n) is 4.08. The van der Waals surface area contributed by atoms with Crippen LogP contribution in [0.3, 0.4) is 0 Å². The molecule has 144 valence electrons. The van der Waals surface area contributed by atoms with Gasteiger partial charge in [-0.2, -0.15) is 4.31 Å². The Hall–Kier alpha value is -2.11. The zero-order valence-electron chi connectivity index (χ0n) is 14.2. The Balaban J connectivity index is 1.92. The maximum Gasteiger partial charge on any atom is 0.275 e. The van der Waals surface area contributed by atoms with Crippen molar-refractivity contribution in [1.82, 2.24) is 14.9 Å². The van der Waals surface area contributed by atoms with Crippen molar-refractivity contribution in [1.29, 1.82) is 0 Å². The molecule has 0 spiro atoms. The van der Waals surface area contributed by atoms with Gasteiger partial charge in [0.1, 0.15) is 16.5 Å². The van der Waals surface area contributed by atoms with Crippen LogP contribution in [0.2, 0.25) is 0 Å². The number of hydrogen-bond donors (Lipinski definition) is 3. The van der Waals surface area contributed by atoms with Crippen molar-refractivity contribution in [2.24, 2.45) is 0 Å². The average molecular weight is 391 g/mol. The summed E-state index contributed by atoms with van der Waals surface area (Å²) in [5.74, 6) is -2.48. The number of rotatable bonds is 6. The number of nitrogens with one attached hydrogen (secondary N) is 3. The predicted molar refractivity (Wildman–Crippen MR) is 87.8 cm³/mol. The Morgan fingerprint density at radius 1 is 1.19 bits per heavy atom. The van der Waals surface area contributed by atoms with Crippen molar-refractivity contribution in [2.75, 3.05) is 46.3 Å². The Morgan fingerprint density at radius 2 is 1.85 bits per heavy atom. The minimum Gasteiger partial charge on any atom is -0.358 e. The zero-order valence-corrected chi connectivity index (χ0v) is 15.0. The molecule has 0 aliphatic carbocycles. The molecular formula is C15H21F2N4O4S+. The monoisotopic (exact) mass is 391 g/mol. The molecule has 0 unspecified atom stereocenters. The molecule has 0 aromatic heterocycles. The number of hydrogen-bond acceptors (Lipinski definition) is 4. The molecule has 1 aliphatic heterocycles. The summed E-state index contributed by atoms with van der Waals surface area (Å²) in [6.45, 7) is 0.807. The van der Waals surface area contributed by atoms with E-state index in [9.17, 15) is 26.8 Å². The lowest BCUT2D eigenvalue weighted by Gasteiger charge is -2.31. The van der Waals surface area contributed by atoms with Gasteiger partial charge in [-0.3, -0.25) is 9.59 Å². The highest BCUT2D eigenvalue weighted by Crippen LogP contribution is 2.20. The van der Waals surface area contributed by atoms with Gasteiger partial charge in [0.25, 0.3) is 5.91 Å². The van der Waals surface area contributed by atoms with Gasteiger partial charge >= 0.3 is 0 Å².